The zero-order chi connectivity index (χ0) is 10.7. The van der Waals surface area contributed by atoms with E-state index in [1.54, 1.807) is 6.07 Å². The average Bonchev–Trinajstić information content (AvgIpc) is 2.82. The Balaban J connectivity index is 1.93. The van der Waals surface area contributed by atoms with Crippen molar-refractivity contribution < 1.29 is 9.32 Å². The third-order valence-electron chi connectivity index (χ3n) is 3.13. The number of piperidine rings is 1. The van der Waals surface area contributed by atoms with Gasteiger partial charge in [-0.05, 0) is 18.8 Å². The standard InChI is InChI=1S/C11H16N2O2/c1-2-9-4-7-13(8-5-9)11(14)10-3-6-12-15-10/h3,6,9H,2,4-5,7-8H2,1H3. The Labute approximate surface area is 89.2 Å². The van der Waals surface area contributed by atoms with Gasteiger partial charge in [0, 0.05) is 19.2 Å². The Morgan fingerprint density at radius 3 is 2.87 bits per heavy atom. The van der Waals surface area contributed by atoms with Gasteiger partial charge in [-0.2, -0.15) is 0 Å². The molecule has 0 aromatic carbocycles. The predicted molar refractivity (Wildman–Crippen MR) is 55.4 cm³/mol. The van der Waals surface area contributed by atoms with E-state index >= 15 is 0 Å². The Hall–Kier alpha value is -1.32. The van der Waals surface area contributed by atoms with E-state index in [2.05, 4.69) is 12.1 Å². The highest BCUT2D eigenvalue weighted by Gasteiger charge is 2.24. The Kier molecular flexibility index (Phi) is 3.04. The second kappa shape index (κ2) is 4.47. The van der Waals surface area contributed by atoms with Crippen molar-refractivity contribution in [1.29, 1.82) is 0 Å². The van der Waals surface area contributed by atoms with E-state index in [0.717, 1.165) is 31.8 Å². The van der Waals surface area contributed by atoms with Gasteiger partial charge in [-0.25, -0.2) is 0 Å². The third kappa shape index (κ3) is 2.19. The summed E-state index contributed by atoms with van der Waals surface area (Å²) in [5.41, 5.74) is 0. The molecule has 15 heavy (non-hydrogen) atoms. The fourth-order valence-corrected chi connectivity index (χ4v) is 2.03. The van der Waals surface area contributed by atoms with Crippen LogP contribution in [0.1, 0.15) is 36.7 Å². The molecule has 4 nitrogen and oxygen atoms in total. The summed E-state index contributed by atoms with van der Waals surface area (Å²) in [7, 11) is 0. The topological polar surface area (TPSA) is 46.3 Å². The predicted octanol–water partition coefficient (Wildman–Crippen LogP) is 1.94. The molecule has 1 fully saturated rings. The highest BCUT2D eigenvalue weighted by Crippen LogP contribution is 2.21. The molecule has 1 aliphatic rings. The third-order valence-corrected chi connectivity index (χ3v) is 3.13. The molecule has 2 rings (SSSR count). The van der Waals surface area contributed by atoms with Crippen LogP contribution in [0.5, 0.6) is 0 Å². The summed E-state index contributed by atoms with van der Waals surface area (Å²) in [5.74, 6) is 1.11. The van der Waals surface area contributed by atoms with Gasteiger partial charge < -0.3 is 9.42 Å². The SMILES string of the molecule is CCC1CCN(C(=O)c2ccno2)CC1. The van der Waals surface area contributed by atoms with E-state index in [4.69, 9.17) is 4.52 Å². The summed E-state index contributed by atoms with van der Waals surface area (Å²) < 4.78 is 4.86. The van der Waals surface area contributed by atoms with Crippen LogP contribution in [0, 0.1) is 5.92 Å². The molecule has 0 unspecified atom stereocenters. The van der Waals surface area contributed by atoms with Crippen LogP contribution < -0.4 is 0 Å². The minimum atomic E-state index is -0.0259. The van der Waals surface area contributed by atoms with E-state index in [9.17, 15) is 4.79 Å². The van der Waals surface area contributed by atoms with Gasteiger partial charge in [0.15, 0.2) is 0 Å². The van der Waals surface area contributed by atoms with Crippen LogP contribution >= 0.6 is 0 Å². The lowest BCUT2D eigenvalue weighted by Crippen LogP contribution is -2.38. The quantitative estimate of drug-likeness (QED) is 0.746. The number of rotatable bonds is 2. The number of carbonyl (C=O) groups is 1. The summed E-state index contributed by atoms with van der Waals surface area (Å²) in [4.78, 5) is 13.7. The van der Waals surface area contributed by atoms with Gasteiger partial charge in [-0.3, -0.25) is 4.79 Å². The summed E-state index contributed by atoms with van der Waals surface area (Å²) in [6.07, 6.45) is 4.93. The Bertz CT molecular complexity index is 313. The first-order chi connectivity index (χ1) is 7.31. The van der Waals surface area contributed by atoms with Crippen LogP contribution in [0.15, 0.2) is 16.8 Å². The molecule has 4 heteroatoms. The van der Waals surface area contributed by atoms with Crippen molar-refractivity contribution in [2.45, 2.75) is 26.2 Å². The fourth-order valence-electron chi connectivity index (χ4n) is 2.03. The van der Waals surface area contributed by atoms with E-state index in [1.807, 2.05) is 4.90 Å². The molecule has 82 valence electrons. The molecule has 1 saturated heterocycles. The van der Waals surface area contributed by atoms with E-state index < -0.39 is 0 Å². The maximum Gasteiger partial charge on any atom is 0.292 e. The first-order valence-electron chi connectivity index (χ1n) is 5.51. The van der Waals surface area contributed by atoms with Crippen molar-refractivity contribution in [3.8, 4) is 0 Å². The number of aromatic nitrogens is 1. The van der Waals surface area contributed by atoms with Gasteiger partial charge in [0.2, 0.25) is 5.76 Å². The summed E-state index contributed by atoms with van der Waals surface area (Å²) in [6.45, 7) is 3.90. The van der Waals surface area contributed by atoms with Gasteiger partial charge in [-0.1, -0.05) is 18.5 Å². The minimum absolute atomic E-state index is 0.0259. The van der Waals surface area contributed by atoms with Crippen LogP contribution in [-0.4, -0.2) is 29.1 Å². The first kappa shape index (κ1) is 10.2. The second-order valence-corrected chi connectivity index (χ2v) is 4.02. The lowest BCUT2D eigenvalue weighted by atomic mass is 9.94. The highest BCUT2D eigenvalue weighted by molar-refractivity contribution is 5.91. The molecule has 1 amide bonds. The Morgan fingerprint density at radius 1 is 1.60 bits per heavy atom. The van der Waals surface area contributed by atoms with Crippen LogP contribution in [0.25, 0.3) is 0 Å². The van der Waals surface area contributed by atoms with Gasteiger partial charge in [0.25, 0.3) is 5.91 Å². The largest absolute Gasteiger partial charge is 0.351 e. The minimum Gasteiger partial charge on any atom is -0.351 e. The molecule has 0 radical (unpaired) electrons. The normalized spacial score (nSPS) is 18.1. The molecule has 0 spiro atoms. The van der Waals surface area contributed by atoms with Crippen LogP contribution in [0.2, 0.25) is 0 Å². The number of nitrogens with zero attached hydrogens (tertiary/aromatic N) is 2. The van der Waals surface area contributed by atoms with Crippen molar-refractivity contribution >= 4 is 5.91 Å². The lowest BCUT2D eigenvalue weighted by Gasteiger charge is -2.30. The second-order valence-electron chi connectivity index (χ2n) is 4.02. The molecule has 2 heterocycles. The zero-order valence-electron chi connectivity index (χ0n) is 8.98. The highest BCUT2D eigenvalue weighted by atomic mass is 16.5. The molecule has 1 aliphatic heterocycles. The van der Waals surface area contributed by atoms with Gasteiger partial charge in [-0.15, -0.1) is 0 Å². The van der Waals surface area contributed by atoms with Crippen molar-refractivity contribution in [2.24, 2.45) is 5.92 Å². The van der Waals surface area contributed by atoms with Gasteiger partial charge in [0.05, 0.1) is 6.20 Å². The maximum atomic E-state index is 11.8. The smallest absolute Gasteiger partial charge is 0.292 e. The molecule has 0 atom stereocenters. The van der Waals surface area contributed by atoms with Gasteiger partial charge in [0.1, 0.15) is 0 Å². The van der Waals surface area contributed by atoms with Crippen LogP contribution in [0.4, 0.5) is 0 Å². The molecular formula is C11H16N2O2. The molecule has 1 aromatic rings. The summed E-state index contributed by atoms with van der Waals surface area (Å²) >= 11 is 0. The summed E-state index contributed by atoms with van der Waals surface area (Å²) in [5, 5.41) is 3.55. The number of likely N-dealkylation sites (tertiary alicyclic amines) is 1. The van der Waals surface area contributed by atoms with Crippen molar-refractivity contribution in [1.82, 2.24) is 10.1 Å². The Morgan fingerprint density at radius 2 is 2.33 bits per heavy atom. The number of carbonyl (C=O) groups excluding carboxylic acids is 1. The number of hydrogen-bond donors (Lipinski definition) is 0. The van der Waals surface area contributed by atoms with Crippen LogP contribution in [-0.2, 0) is 0 Å². The molecule has 0 aliphatic carbocycles. The van der Waals surface area contributed by atoms with Crippen molar-refractivity contribution in [3.05, 3.63) is 18.0 Å². The molecule has 0 bridgehead atoms. The molecule has 0 saturated carbocycles. The zero-order valence-corrected chi connectivity index (χ0v) is 8.98. The molecular weight excluding hydrogens is 192 g/mol. The maximum absolute atomic E-state index is 11.8. The number of amides is 1. The average molecular weight is 208 g/mol. The van der Waals surface area contributed by atoms with E-state index in [1.165, 1.54) is 12.6 Å². The van der Waals surface area contributed by atoms with Gasteiger partial charge >= 0.3 is 0 Å². The molecule has 0 N–H and O–H groups in total. The molecule has 1 aromatic heterocycles. The van der Waals surface area contributed by atoms with E-state index in [0.29, 0.717) is 5.76 Å². The lowest BCUT2D eigenvalue weighted by molar-refractivity contribution is 0.0647. The van der Waals surface area contributed by atoms with Crippen molar-refractivity contribution in [3.63, 3.8) is 0 Å². The van der Waals surface area contributed by atoms with Crippen LogP contribution in [0.3, 0.4) is 0 Å². The summed E-state index contributed by atoms with van der Waals surface area (Å²) in [6, 6.07) is 1.62. The van der Waals surface area contributed by atoms with E-state index in [-0.39, 0.29) is 5.91 Å². The first-order valence-corrected chi connectivity index (χ1v) is 5.51. The number of hydrogen-bond acceptors (Lipinski definition) is 3. The van der Waals surface area contributed by atoms with Crippen molar-refractivity contribution in [2.75, 3.05) is 13.1 Å². The monoisotopic (exact) mass is 208 g/mol. The fraction of sp³-hybridized carbons (Fsp3) is 0.636.